The van der Waals surface area contributed by atoms with Crippen LogP contribution < -0.4 is 0 Å². The molecule has 258 valence electrons. The summed E-state index contributed by atoms with van der Waals surface area (Å²) in [6.07, 6.45) is -4.74. The first-order valence-corrected chi connectivity index (χ1v) is 15.7. The molecule has 0 spiro atoms. The van der Waals surface area contributed by atoms with Crippen molar-refractivity contribution in [1.29, 1.82) is 0 Å². The molecule has 0 amide bonds. The van der Waals surface area contributed by atoms with Crippen molar-refractivity contribution in [2.45, 2.75) is 152 Å². The van der Waals surface area contributed by atoms with E-state index in [-0.39, 0.29) is 6.10 Å². The molecule has 5 atom stereocenters. The monoisotopic (exact) mass is 642 g/mol. The minimum Gasteiger partial charge on any atom is -0.462 e. The van der Waals surface area contributed by atoms with E-state index in [2.05, 4.69) is 0 Å². The fourth-order valence-electron chi connectivity index (χ4n) is 4.23. The summed E-state index contributed by atoms with van der Waals surface area (Å²) in [4.78, 5) is 65.6. The van der Waals surface area contributed by atoms with Gasteiger partial charge in [0.2, 0.25) is 12.4 Å². The summed E-state index contributed by atoms with van der Waals surface area (Å²) in [5, 5.41) is 0. The highest BCUT2D eigenvalue weighted by atomic mass is 16.8. The van der Waals surface area contributed by atoms with Gasteiger partial charge in [-0.3, -0.25) is 19.2 Å². The Hall–Kier alpha value is -2.89. The molecule has 1 heterocycles. The van der Waals surface area contributed by atoms with E-state index in [9.17, 15) is 24.0 Å². The van der Waals surface area contributed by atoms with Gasteiger partial charge in [-0.1, -0.05) is 6.42 Å². The van der Waals surface area contributed by atoms with Crippen molar-refractivity contribution in [3.63, 3.8) is 0 Å². The molecular formula is C33H54O12. The summed E-state index contributed by atoms with van der Waals surface area (Å²) in [6.45, 7) is 19.2. The average Bonchev–Trinajstić information content (AvgIpc) is 2.88. The van der Waals surface area contributed by atoms with Crippen LogP contribution in [-0.2, 0) is 52.3 Å². The van der Waals surface area contributed by atoms with Crippen molar-refractivity contribution < 1.29 is 57.1 Å². The molecule has 2 aliphatic rings. The minimum absolute atomic E-state index is 0.357. The summed E-state index contributed by atoms with van der Waals surface area (Å²) in [7, 11) is 0. The van der Waals surface area contributed by atoms with Crippen molar-refractivity contribution in [2.24, 2.45) is 21.7 Å². The van der Waals surface area contributed by atoms with Gasteiger partial charge in [0.05, 0.1) is 21.7 Å². The maximum Gasteiger partial charge on any atom is 0.511 e. The van der Waals surface area contributed by atoms with Crippen LogP contribution >= 0.6 is 0 Å². The molecule has 0 radical (unpaired) electrons. The molecule has 1 aliphatic heterocycles. The predicted octanol–water partition coefficient (Wildman–Crippen LogP) is 5.66. The summed E-state index contributed by atoms with van der Waals surface area (Å²) < 4.78 is 40.5. The van der Waals surface area contributed by atoms with Crippen LogP contribution in [0, 0.1) is 21.7 Å². The molecule has 1 aliphatic carbocycles. The number of hydrogen-bond acceptors (Lipinski definition) is 12. The first kappa shape index (κ1) is 38.3. The highest BCUT2D eigenvalue weighted by Gasteiger charge is 2.56. The fraction of sp³-hybridized carbons (Fsp3) is 0.848. The van der Waals surface area contributed by atoms with Crippen molar-refractivity contribution in [3.8, 4) is 0 Å². The third kappa shape index (κ3) is 11.4. The van der Waals surface area contributed by atoms with E-state index in [0.717, 1.165) is 19.3 Å². The molecule has 0 aromatic heterocycles. The van der Waals surface area contributed by atoms with Crippen LogP contribution in [0.15, 0.2) is 0 Å². The summed E-state index contributed by atoms with van der Waals surface area (Å²) in [5.41, 5.74) is -3.93. The highest BCUT2D eigenvalue weighted by molar-refractivity contribution is 5.78. The molecule has 12 nitrogen and oxygen atoms in total. The van der Waals surface area contributed by atoms with Crippen LogP contribution in [0.5, 0.6) is 0 Å². The van der Waals surface area contributed by atoms with Crippen molar-refractivity contribution in [1.82, 2.24) is 0 Å². The zero-order chi connectivity index (χ0) is 34.5. The lowest BCUT2D eigenvalue weighted by molar-refractivity contribution is -0.302. The van der Waals surface area contributed by atoms with Gasteiger partial charge >= 0.3 is 30.0 Å². The number of hydrogen-bond donors (Lipinski definition) is 0. The molecule has 1 saturated carbocycles. The maximum atomic E-state index is 13.3. The first-order chi connectivity index (χ1) is 20.4. The maximum absolute atomic E-state index is 13.3. The summed E-state index contributed by atoms with van der Waals surface area (Å²) in [6, 6.07) is 0. The lowest BCUT2D eigenvalue weighted by Gasteiger charge is -2.45. The standard InChI is InChI=1S/C33H54O12/c1-30(2,3)25(34)39-18-20-21(42-26(35)31(4,5)6)22(43-27(36)32(7,8)9)23(44-28(37)33(10,11)12)24(41-20)45-29(38)40-19-16-14-13-15-17-19/h19-24H,13-18H2,1-12H3/t20-,21+,22+,23-,24+/m1/s1. The van der Waals surface area contributed by atoms with Crippen molar-refractivity contribution in [3.05, 3.63) is 0 Å². The second-order valence-electron chi connectivity index (χ2n) is 16.0. The lowest BCUT2D eigenvalue weighted by atomic mass is 9.93. The van der Waals surface area contributed by atoms with E-state index in [1.165, 1.54) is 0 Å². The Balaban J connectivity index is 2.62. The summed E-state index contributed by atoms with van der Waals surface area (Å²) in [5.74, 6) is -2.69. The number of rotatable bonds is 7. The van der Waals surface area contributed by atoms with E-state index in [1.54, 1.807) is 83.1 Å². The zero-order valence-corrected chi connectivity index (χ0v) is 29.1. The third-order valence-electron chi connectivity index (χ3n) is 7.18. The Morgan fingerprint density at radius 3 is 1.40 bits per heavy atom. The van der Waals surface area contributed by atoms with Crippen LogP contribution in [0.3, 0.4) is 0 Å². The highest BCUT2D eigenvalue weighted by Crippen LogP contribution is 2.35. The molecule has 45 heavy (non-hydrogen) atoms. The average molecular weight is 643 g/mol. The first-order valence-electron chi connectivity index (χ1n) is 15.7. The molecule has 0 unspecified atom stereocenters. The summed E-state index contributed by atoms with van der Waals surface area (Å²) >= 11 is 0. The molecule has 0 aromatic carbocycles. The quantitative estimate of drug-likeness (QED) is 0.249. The number of carbonyl (C=O) groups is 5. The van der Waals surface area contributed by atoms with Gasteiger partial charge in [-0.25, -0.2) is 4.79 Å². The van der Waals surface area contributed by atoms with Gasteiger partial charge in [-0.2, -0.15) is 0 Å². The van der Waals surface area contributed by atoms with Crippen molar-refractivity contribution in [2.75, 3.05) is 6.61 Å². The van der Waals surface area contributed by atoms with Gasteiger partial charge in [0.1, 0.15) is 18.8 Å². The molecule has 1 saturated heterocycles. The molecule has 0 aromatic rings. The van der Waals surface area contributed by atoms with Crippen molar-refractivity contribution >= 4 is 30.0 Å². The van der Waals surface area contributed by atoms with Crippen LogP contribution in [0.25, 0.3) is 0 Å². The lowest BCUT2D eigenvalue weighted by Crippen LogP contribution is -2.64. The van der Waals surface area contributed by atoms with Gasteiger partial charge in [-0.15, -0.1) is 0 Å². The van der Waals surface area contributed by atoms with Gasteiger partial charge in [0.25, 0.3) is 0 Å². The molecular weight excluding hydrogens is 588 g/mol. The molecule has 0 bridgehead atoms. The SMILES string of the molecule is CC(C)(C)C(=O)OC[C@H]1O[C@@H](OC(=O)OC2CCCCC2)[C@H](OC(=O)C(C)(C)C)[C@@H](OC(=O)C(C)(C)C)[C@H]1OC(=O)C(C)(C)C. The molecule has 2 fully saturated rings. The van der Waals surface area contributed by atoms with E-state index in [4.69, 9.17) is 33.2 Å². The van der Waals surface area contributed by atoms with E-state index >= 15 is 0 Å². The fourth-order valence-corrected chi connectivity index (χ4v) is 4.23. The van der Waals surface area contributed by atoms with Gasteiger partial charge < -0.3 is 33.2 Å². The Morgan fingerprint density at radius 2 is 0.956 bits per heavy atom. The van der Waals surface area contributed by atoms with E-state index in [1.807, 2.05) is 0 Å². The predicted molar refractivity (Wildman–Crippen MR) is 162 cm³/mol. The second-order valence-corrected chi connectivity index (χ2v) is 16.0. The molecule has 12 heteroatoms. The second kappa shape index (κ2) is 14.7. The van der Waals surface area contributed by atoms with Gasteiger partial charge in [-0.05, 0) is 109 Å². The van der Waals surface area contributed by atoms with Crippen LogP contribution in [0.4, 0.5) is 4.79 Å². The van der Waals surface area contributed by atoms with Crippen LogP contribution in [0.1, 0.15) is 115 Å². The van der Waals surface area contributed by atoms with E-state index in [0.29, 0.717) is 12.8 Å². The topological polar surface area (TPSA) is 150 Å². The van der Waals surface area contributed by atoms with Crippen LogP contribution in [0.2, 0.25) is 0 Å². The Morgan fingerprint density at radius 1 is 0.533 bits per heavy atom. The van der Waals surface area contributed by atoms with Gasteiger partial charge in [0.15, 0.2) is 12.2 Å². The smallest absolute Gasteiger partial charge is 0.462 e. The van der Waals surface area contributed by atoms with Gasteiger partial charge in [0, 0.05) is 0 Å². The number of esters is 4. The molecule has 2 rings (SSSR count). The Labute approximate surface area is 267 Å². The zero-order valence-electron chi connectivity index (χ0n) is 29.1. The van der Waals surface area contributed by atoms with E-state index < -0.39 is 89.0 Å². The normalized spacial score (nSPS) is 25.0. The minimum atomic E-state index is -1.67. The van der Waals surface area contributed by atoms with Crippen LogP contribution in [-0.4, -0.2) is 73.4 Å². The Bertz CT molecular complexity index is 1060. The molecule has 0 N–H and O–H groups in total. The Kier molecular flexibility index (Phi) is 12.5. The number of ether oxygens (including phenoxy) is 7. The number of carbonyl (C=O) groups excluding carboxylic acids is 5. The largest absolute Gasteiger partial charge is 0.511 e. The third-order valence-corrected chi connectivity index (χ3v) is 7.18.